The van der Waals surface area contributed by atoms with E-state index in [-0.39, 0.29) is 16.6 Å². The third-order valence-corrected chi connectivity index (χ3v) is 4.02. The third-order valence-electron chi connectivity index (χ3n) is 3.71. The van der Waals surface area contributed by atoms with Gasteiger partial charge in [-0.15, -0.1) is 0 Å². The van der Waals surface area contributed by atoms with Crippen molar-refractivity contribution in [2.75, 3.05) is 0 Å². The SMILES string of the molecule is O=[N+]([O-])c1ccc(-c2nc(-c3nccc4ccccc34)no2)c(Cl)c1. The predicted octanol–water partition coefficient (Wildman–Crippen LogP) is 4.51. The van der Waals surface area contributed by atoms with Crippen LogP contribution in [-0.2, 0) is 0 Å². The van der Waals surface area contributed by atoms with Gasteiger partial charge in [-0.3, -0.25) is 15.1 Å². The van der Waals surface area contributed by atoms with E-state index in [0.29, 0.717) is 17.1 Å². The zero-order valence-electron chi connectivity index (χ0n) is 12.6. The van der Waals surface area contributed by atoms with E-state index in [1.54, 1.807) is 6.20 Å². The summed E-state index contributed by atoms with van der Waals surface area (Å²) >= 11 is 6.11. The summed E-state index contributed by atoms with van der Waals surface area (Å²) in [6.45, 7) is 0. The molecule has 0 N–H and O–H groups in total. The second-order valence-electron chi connectivity index (χ2n) is 5.23. The Hall–Kier alpha value is -3.32. The van der Waals surface area contributed by atoms with Crippen LogP contribution >= 0.6 is 11.6 Å². The van der Waals surface area contributed by atoms with Crippen molar-refractivity contribution in [3.05, 3.63) is 69.9 Å². The number of hydrogen-bond acceptors (Lipinski definition) is 6. The molecule has 122 valence electrons. The lowest BCUT2D eigenvalue weighted by Gasteiger charge is -2.00. The van der Waals surface area contributed by atoms with Gasteiger partial charge in [0.1, 0.15) is 5.69 Å². The first-order chi connectivity index (χ1) is 12.1. The maximum absolute atomic E-state index is 10.8. The van der Waals surface area contributed by atoms with Gasteiger partial charge in [-0.2, -0.15) is 4.98 Å². The van der Waals surface area contributed by atoms with Gasteiger partial charge in [0.05, 0.1) is 15.5 Å². The minimum Gasteiger partial charge on any atom is -0.334 e. The van der Waals surface area contributed by atoms with Gasteiger partial charge in [-0.05, 0) is 17.5 Å². The molecule has 0 saturated carbocycles. The summed E-state index contributed by atoms with van der Waals surface area (Å²) < 4.78 is 5.28. The van der Waals surface area contributed by atoms with Crippen LogP contribution in [0.3, 0.4) is 0 Å². The van der Waals surface area contributed by atoms with Crippen LogP contribution in [-0.4, -0.2) is 20.0 Å². The Labute approximate surface area is 146 Å². The zero-order valence-corrected chi connectivity index (χ0v) is 13.3. The molecule has 0 bridgehead atoms. The van der Waals surface area contributed by atoms with E-state index in [1.165, 1.54) is 18.2 Å². The van der Waals surface area contributed by atoms with Crippen molar-refractivity contribution < 1.29 is 9.45 Å². The molecule has 0 saturated heterocycles. The molecular weight excluding hydrogens is 344 g/mol. The monoisotopic (exact) mass is 352 g/mol. The Bertz CT molecular complexity index is 1100. The van der Waals surface area contributed by atoms with Crippen LogP contribution in [0.15, 0.2) is 59.3 Å². The number of nitro benzene ring substituents is 1. The average Bonchev–Trinajstić information content (AvgIpc) is 3.10. The molecule has 7 nitrogen and oxygen atoms in total. The molecule has 0 radical (unpaired) electrons. The van der Waals surface area contributed by atoms with Gasteiger partial charge in [-0.25, -0.2) is 0 Å². The number of nitrogens with zero attached hydrogens (tertiary/aromatic N) is 4. The van der Waals surface area contributed by atoms with Gasteiger partial charge in [0.2, 0.25) is 5.82 Å². The Kier molecular flexibility index (Phi) is 3.62. The summed E-state index contributed by atoms with van der Waals surface area (Å²) in [6.07, 6.45) is 1.67. The number of aromatic nitrogens is 3. The summed E-state index contributed by atoms with van der Waals surface area (Å²) in [6, 6.07) is 13.7. The van der Waals surface area contributed by atoms with E-state index in [9.17, 15) is 10.1 Å². The van der Waals surface area contributed by atoms with Gasteiger partial charge in [-0.1, -0.05) is 41.0 Å². The van der Waals surface area contributed by atoms with E-state index in [0.717, 1.165) is 10.8 Å². The summed E-state index contributed by atoms with van der Waals surface area (Å²) in [5.74, 6) is 0.492. The fraction of sp³-hybridized carbons (Fsp3) is 0. The number of halogens is 1. The molecule has 0 spiro atoms. The Morgan fingerprint density at radius 3 is 2.76 bits per heavy atom. The minimum absolute atomic E-state index is 0.107. The molecule has 0 aliphatic carbocycles. The van der Waals surface area contributed by atoms with Gasteiger partial charge in [0.25, 0.3) is 11.6 Å². The van der Waals surface area contributed by atoms with Crippen LogP contribution in [0, 0.1) is 10.1 Å². The second-order valence-corrected chi connectivity index (χ2v) is 5.63. The smallest absolute Gasteiger partial charge is 0.270 e. The first-order valence-electron chi connectivity index (χ1n) is 7.25. The molecule has 4 aromatic rings. The Balaban J connectivity index is 1.79. The molecule has 0 atom stereocenters. The van der Waals surface area contributed by atoms with Gasteiger partial charge in [0.15, 0.2) is 0 Å². The predicted molar refractivity (Wildman–Crippen MR) is 92.1 cm³/mol. The van der Waals surface area contributed by atoms with E-state index >= 15 is 0 Å². The molecule has 0 unspecified atom stereocenters. The molecule has 2 aromatic carbocycles. The van der Waals surface area contributed by atoms with Crippen LogP contribution < -0.4 is 0 Å². The number of fused-ring (bicyclic) bond motifs is 1. The highest BCUT2D eigenvalue weighted by molar-refractivity contribution is 6.33. The lowest BCUT2D eigenvalue weighted by molar-refractivity contribution is -0.384. The highest BCUT2D eigenvalue weighted by Crippen LogP contribution is 2.32. The van der Waals surface area contributed by atoms with E-state index in [1.807, 2.05) is 30.3 Å². The van der Waals surface area contributed by atoms with Crippen molar-refractivity contribution in [1.82, 2.24) is 15.1 Å². The number of hydrogen-bond donors (Lipinski definition) is 0. The summed E-state index contributed by atoms with van der Waals surface area (Å²) in [4.78, 5) is 19.0. The number of pyridine rings is 1. The third kappa shape index (κ3) is 2.70. The average molecular weight is 353 g/mol. The van der Waals surface area contributed by atoms with Gasteiger partial charge < -0.3 is 4.52 Å². The first-order valence-corrected chi connectivity index (χ1v) is 7.63. The maximum Gasteiger partial charge on any atom is 0.270 e. The summed E-state index contributed by atoms with van der Waals surface area (Å²) in [7, 11) is 0. The summed E-state index contributed by atoms with van der Waals surface area (Å²) in [5, 5.41) is 16.8. The number of rotatable bonds is 3. The van der Waals surface area contributed by atoms with Crippen LogP contribution in [0.25, 0.3) is 33.7 Å². The molecule has 2 heterocycles. The standard InChI is InChI=1S/C17H9ClN4O3/c18-14-9-11(22(23)24)5-6-13(14)17-20-16(21-25-17)15-12-4-2-1-3-10(12)7-8-19-15/h1-9H. The van der Waals surface area contributed by atoms with Crippen LogP contribution in [0.1, 0.15) is 0 Å². The van der Waals surface area contributed by atoms with E-state index < -0.39 is 4.92 Å². The molecule has 2 aromatic heterocycles. The lowest BCUT2D eigenvalue weighted by atomic mass is 10.1. The molecular formula is C17H9ClN4O3. The van der Waals surface area contributed by atoms with Crippen molar-refractivity contribution in [3.63, 3.8) is 0 Å². The lowest BCUT2D eigenvalue weighted by Crippen LogP contribution is -1.89. The number of non-ortho nitro benzene ring substituents is 1. The number of benzene rings is 2. The molecule has 0 fully saturated rings. The van der Waals surface area contributed by atoms with E-state index in [4.69, 9.17) is 16.1 Å². The fourth-order valence-corrected chi connectivity index (χ4v) is 2.77. The first kappa shape index (κ1) is 15.2. The van der Waals surface area contributed by atoms with Crippen molar-refractivity contribution in [1.29, 1.82) is 0 Å². The Morgan fingerprint density at radius 1 is 1.12 bits per heavy atom. The van der Waals surface area contributed by atoms with Gasteiger partial charge in [0, 0.05) is 23.7 Å². The highest BCUT2D eigenvalue weighted by atomic mass is 35.5. The van der Waals surface area contributed by atoms with Crippen molar-refractivity contribution in [2.24, 2.45) is 0 Å². The molecule has 25 heavy (non-hydrogen) atoms. The normalized spacial score (nSPS) is 10.9. The van der Waals surface area contributed by atoms with Crippen LogP contribution in [0.2, 0.25) is 5.02 Å². The van der Waals surface area contributed by atoms with Crippen molar-refractivity contribution >= 4 is 28.1 Å². The molecule has 4 rings (SSSR count). The molecule has 0 amide bonds. The second kappa shape index (κ2) is 5.95. The summed E-state index contributed by atoms with van der Waals surface area (Å²) in [5.41, 5.74) is 0.904. The fourth-order valence-electron chi connectivity index (χ4n) is 2.52. The highest BCUT2D eigenvalue weighted by Gasteiger charge is 2.18. The van der Waals surface area contributed by atoms with Crippen molar-refractivity contribution in [3.8, 4) is 23.0 Å². The largest absolute Gasteiger partial charge is 0.334 e. The molecule has 0 aliphatic heterocycles. The van der Waals surface area contributed by atoms with Gasteiger partial charge >= 0.3 is 0 Å². The van der Waals surface area contributed by atoms with E-state index in [2.05, 4.69) is 15.1 Å². The Morgan fingerprint density at radius 2 is 1.96 bits per heavy atom. The quantitative estimate of drug-likeness (QED) is 0.397. The number of nitro groups is 1. The van der Waals surface area contributed by atoms with Crippen molar-refractivity contribution in [2.45, 2.75) is 0 Å². The maximum atomic E-state index is 10.8. The molecule has 8 heteroatoms. The van der Waals surface area contributed by atoms with Crippen LogP contribution in [0.5, 0.6) is 0 Å². The zero-order chi connectivity index (χ0) is 17.4. The minimum atomic E-state index is -0.519. The topological polar surface area (TPSA) is 95.0 Å². The van der Waals surface area contributed by atoms with Crippen LogP contribution in [0.4, 0.5) is 5.69 Å². The molecule has 0 aliphatic rings.